The van der Waals surface area contributed by atoms with Crippen molar-refractivity contribution >= 4 is 17.3 Å². The van der Waals surface area contributed by atoms with Crippen molar-refractivity contribution in [1.82, 2.24) is 0 Å². The molecule has 0 N–H and O–H groups in total. The molecule has 1 atom stereocenters. The zero-order chi connectivity index (χ0) is 13.8. The zero-order valence-electron chi connectivity index (χ0n) is 10.9. The molecule has 0 spiro atoms. The summed E-state index contributed by atoms with van der Waals surface area (Å²) in [5, 5.41) is 0. The number of fused-ring (bicyclic) bond motifs is 2. The van der Waals surface area contributed by atoms with Gasteiger partial charge in [-0.3, -0.25) is 9.59 Å². The van der Waals surface area contributed by atoms with E-state index < -0.39 is 17.2 Å². The van der Waals surface area contributed by atoms with E-state index in [9.17, 15) is 9.59 Å². The molecule has 0 fully saturated rings. The van der Waals surface area contributed by atoms with E-state index >= 15 is 0 Å². The van der Waals surface area contributed by atoms with E-state index in [1.165, 1.54) is 0 Å². The van der Waals surface area contributed by atoms with Crippen molar-refractivity contribution in [1.29, 1.82) is 0 Å². The van der Waals surface area contributed by atoms with Crippen molar-refractivity contribution in [2.45, 2.75) is 25.9 Å². The first-order valence-electron chi connectivity index (χ1n) is 6.20. The Hall–Kier alpha value is -2.16. The average molecular weight is 254 g/mol. The standard InChI is InChI=1S/C16H14O3/c1-9(2)16(3)8-12-14(18)13(17)10-6-4-5-7-11(10)15(12)19-16/h4-7H,1,8H2,2-3H3. The Balaban J connectivity index is 2.18. The third-order valence-electron chi connectivity index (χ3n) is 3.91. The number of Topliss-reactive ketones (excluding diaryl/α,β-unsaturated/α-hetero) is 2. The number of rotatable bonds is 1. The summed E-state index contributed by atoms with van der Waals surface area (Å²) in [6.07, 6.45) is 0.413. The molecule has 0 aromatic heterocycles. The number of ether oxygens (including phenoxy) is 1. The van der Waals surface area contributed by atoms with Crippen LogP contribution in [0.25, 0.3) is 5.76 Å². The van der Waals surface area contributed by atoms with Gasteiger partial charge in [0.05, 0.1) is 5.57 Å². The van der Waals surface area contributed by atoms with Crippen molar-refractivity contribution in [2.24, 2.45) is 0 Å². The van der Waals surface area contributed by atoms with Gasteiger partial charge in [-0.15, -0.1) is 0 Å². The summed E-state index contributed by atoms with van der Waals surface area (Å²) in [4.78, 5) is 24.2. The second kappa shape index (κ2) is 3.67. The van der Waals surface area contributed by atoms with Crippen LogP contribution in [0.4, 0.5) is 0 Å². The minimum absolute atomic E-state index is 0.413. The lowest BCUT2D eigenvalue weighted by Gasteiger charge is -2.25. The number of hydrogen-bond acceptors (Lipinski definition) is 3. The molecule has 1 aromatic rings. The molecule has 1 aliphatic heterocycles. The van der Waals surface area contributed by atoms with Crippen molar-refractivity contribution in [3.8, 4) is 0 Å². The SMILES string of the molecule is C=C(C)C1(C)CC2=C(O1)c1ccccc1C(=O)C2=O. The van der Waals surface area contributed by atoms with Crippen LogP contribution in [0.15, 0.2) is 42.0 Å². The highest BCUT2D eigenvalue weighted by Crippen LogP contribution is 2.45. The van der Waals surface area contributed by atoms with Gasteiger partial charge < -0.3 is 4.74 Å². The lowest BCUT2D eigenvalue weighted by Crippen LogP contribution is -2.25. The number of benzene rings is 1. The summed E-state index contributed by atoms with van der Waals surface area (Å²) in [7, 11) is 0. The molecule has 1 heterocycles. The molecular formula is C16H14O3. The molecule has 19 heavy (non-hydrogen) atoms. The van der Waals surface area contributed by atoms with E-state index in [0.29, 0.717) is 28.9 Å². The van der Waals surface area contributed by atoms with Crippen molar-refractivity contribution in [3.63, 3.8) is 0 Å². The van der Waals surface area contributed by atoms with Crippen LogP contribution >= 0.6 is 0 Å². The predicted octanol–water partition coefficient (Wildman–Crippen LogP) is 2.92. The van der Waals surface area contributed by atoms with E-state index in [0.717, 1.165) is 5.57 Å². The van der Waals surface area contributed by atoms with Gasteiger partial charge in [0.1, 0.15) is 11.4 Å². The van der Waals surface area contributed by atoms with E-state index in [-0.39, 0.29) is 0 Å². The average Bonchev–Trinajstić information content (AvgIpc) is 2.76. The Morgan fingerprint density at radius 3 is 2.47 bits per heavy atom. The predicted molar refractivity (Wildman–Crippen MR) is 71.6 cm³/mol. The van der Waals surface area contributed by atoms with Crippen molar-refractivity contribution in [3.05, 3.63) is 53.1 Å². The summed E-state index contributed by atoms with van der Waals surface area (Å²) in [6.45, 7) is 7.69. The van der Waals surface area contributed by atoms with Gasteiger partial charge in [-0.05, 0) is 19.4 Å². The van der Waals surface area contributed by atoms with E-state index in [4.69, 9.17) is 4.74 Å². The fourth-order valence-electron chi connectivity index (χ4n) is 2.52. The van der Waals surface area contributed by atoms with Crippen LogP contribution in [0.1, 0.15) is 36.2 Å². The second-order valence-corrected chi connectivity index (χ2v) is 5.30. The Bertz CT molecular complexity index is 666. The summed E-state index contributed by atoms with van der Waals surface area (Å²) in [5.74, 6) is -0.340. The minimum atomic E-state index is -0.599. The Kier molecular flexibility index (Phi) is 2.30. The first kappa shape index (κ1) is 11.9. The third kappa shape index (κ3) is 1.51. The van der Waals surface area contributed by atoms with Gasteiger partial charge in [0.25, 0.3) is 0 Å². The van der Waals surface area contributed by atoms with Gasteiger partial charge in [0.2, 0.25) is 11.6 Å². The molecule has 3 rings (SSSR count). The maximum Gasteiger partial charge on any atom is 0.234 e. The quantitative estimate of drug-likeness (QED) is 0.571. The molecule has 96 valence electrons. The summed E-state index contributed by atoms with van der Waals surface area (Å²) < 4.78 is 5.97. The highest BCUT2D eigenvalue weighted by atomic mass is 16.5. The largest absolute Gasteiger partial charge is 0.482 e. The molecule has 0 saturated carbocycles. The lowest BCUT2D eigenvalue weighted by atomic mass is 9.84. The Morgan fingerprint density at radius 2 is 1.84 bits per heavy atom. The van der Waals surface area contributed by atoms with Crippen LogP contribution in [0.3, 0.4) is 0 Å². The summed E-state index contributed by atoms with van der Waals surface area (Å²) in [5.41, 5.74) is 1.87. The molecule has 0 saturated heterocycles. The van der Waals surface area contributed by atoms with Gasteiger partial charge in [-0.1, -0.05) is 30.8 Å². The van der Waals surface area contributed by atoms with E-state index in [2.05, 4.69) is 6.58 Å². The molecule has 1 unspecified atom stereocenters. The Morgan fingerprint density at radius 1 is 1.21 bits per heavy atom. The zero-order valence-corrected chi connectivity index (χ0v) is 10.9. The third-order valence-corrected chi connectivity index (χ3v) is 3.91. The van der Waals surface area contributed by atoms with Crippen LogP contribution in [0, 0.1) is 0 Å². The normalized spacial score (nSPS) is 24.9. The molecule has 3 heteroatoms. The van der Waals surface area contributed by atoms with Gasteiger partial charge >= 0.3 is 0 Å². The van der Waals surface area contributed by atoms with Crippen molar-refractivity contribution in [2.75, 3.05) is 0 Å². The molecular weight excluding hydrogens is 240 g/mol. The number of carbonyl (C=O) groups excluding carboxylic acids is 2. The molecule has 1 aromatic carbocycles. The maximum atomic E-state index is 12.2. The molecule has 1 aliphatic carbocycles. The second-order valence-electron chi connectivity index (χ2n) is 5.30. The number of hydrogen-bond donors (Lipinski definition) is 0. The molecule has 0 radical (unpaired) electrons. The van der Waals surface area contributed by atoms with Crippen LogP contribution in [-0.2, 0) is 9.53 Å². The lowest BCUT2D eigenvalue weighted by molar-refractivity contribution is -0.112. The first-order valence-corrected chi connectivity index (χ1v) is 6.20. The summed E-state index contributed by atoms with van der Waals surface area (Å²) in [6, 6.07) is 7.08. The summed E-state index contributed by atoms with van der Waals surface area (Å²) >= 11 is 0. The first-order chi connectivity index (χ1) is 8.94. The maximum absolute atomic E-state index is 12.2. The van der Waals surface area contributed by atoms with Crippen LogP contribution < -0.4 is 0 Å². The van der Waals surface area contributed by atoms with Gasteiger partial charge in [-0.25, -0.2) is 0 Å². The smallest absolute Gasteiger partial charge is 0.234 e. The van der Waals surface area contributed by atoms with E-state index in [1.807, 2.05) is 26.0 Å². The Labute approximate surface area is 111 Å². The van der Waals surface area contributed by atoms with E-state index in [1.54, 1.807) is 12.1 Å². The molecule has 0 amide bonds. The number of carbonyl (C=O) groups is 2. The van der Waals surface area contributed by atoms with Crippen LogP contribution in [0.5, 0.6) is 0 Å². The fraction of sp³-hybridized carbons (Fsp3) is 0.250. The van der Waals surface area contributed by atoms with Crippen LogP contribution in [0.2, 0.25) is 0 Å². The van der Waals surface area contributed by atoms with Gasteiger partial charge in [0, 0.05) is 17.5 Å². The molecule has 0 bridgehead atoms. The number of ketones is 2. The molecule has 2 aliphatic rings. The van der Waals surface area contributed by atoms with Crippen LogP contribution in [-0.4, -0.2) is 17.2 Å². The fourth-order valence-corrected chi connectivity index (χ4v) is 2.52. The van der Waals surface area contributed by atoms with Gasteiger partial charge in [0.15, 0.2) is 0 Å². The van der Waals surface area contributed by atoms with Crippen molar-refractivity contribution < 1.29 is 14.3 Å². The topological polar surface area (TPSA) is 43.4 Å². The highest BCUT2D eigenvalue weighted by molar-refractivity contribution is 6.52. The highest BCUT2D eigenvalue weighted by Gasteiger charge is 2.45. The monoisotopic (exact) mass is 254 g/mol. The van der Waals surface area contributed by atoms with Gasteiger partial charge in [-0.2, -0.15) is 0 Å². The minimum Gasteiger partial charge on any atom is -0.482 e. The molecule has 3 nitrogen and oxygen atoms in total.